The predicted octanol–water partition coefficient (Wildman–Crippen LogP) is 5.60. The summed E-state index contributed by atoms with van der Waals surface area (Å²) >= 11 is 0. The van der Waals surface area contributed by atoms with E-state index >= 15 is 0 Å². The molecule has 0 amide bonds. The quantitative estimate of drug-likeness (QED) is 0.571. The molecule has 4 rings (SSSR count). The Kier molecular flexibility index (Phi) is 6.28. The maximum absolute atomic E-state index is 13.1. The lowest BCUT2D eigenvalue weighted by Gasteiger charge is -2.32. The molecular weight excluding hydrogens is 379 g/mol. The van der Waals surface area contributed by atoms with Crippen LogP contribution in [0.4, 0.5) is 13.2 Å². The fourth-order valence-corrected chi connectivity index (χ4v) is 3.87. The molecule has 1 heterocycles. The van der Waals surface area contributed by atoms with Crippen LogP contribution in [-0.2, 0) is 6.54 Å². The Morgan fingerprint density at radius 3 is 2.31 bits per heavy atom. The van der Waals surface area contributed by atoms with Crippen molar-refractivity contribution in [1.29, 1.82) is 0 Å². The number of hydrogen-bond acceptors (Lipinski definition) is 3. The second kappa shape index (κ2) is 9.08. The number of halogens is 3. The van der Waals surface area contributed by atoms with E-state index in [1.54, 1.807) is 6.07 Å². The summed E-state index contributed by atoms with van der Waals surface area (Å²) < 4.78 is 48.9. The summed E-state index contributed by atoms with van der Waals surface area (Å²) in [6, 6.07) is 12.0. The molecule has 2 aliphatic rings. The second-order valence-electron chi connectivity index (χ2n) is 8.02. The van der Waals surface area contributed by atoms with Crippen molar-refractivity contribution in [3.63, 3.8) is 0 Å². The van der Waals surface area contributed by atoms with Crippen molar-refractivity contribution < 1.29 is 22.6 Å². The van der Waals surface area contributed by atoms with Crippen molar-refractivity contribution in [1.82, 2.24) is 4.90 Å². The fourth-order valence-electron chi connectivity index (χ4n) is 3.87. The zero-order valence-electron chi connectivity index (χ0n) is 16.3. The average Bonchev–Trinajstić information content (AvgIpc) is 3.53. The van der Waals surface area contributed by atoms with Gasteiger partial charge in [0.15, 0.2) is 11.5 Å². The standard InChI is InChI=1S/C23H26F3NO2/c24-20-6-4-18(5-7-20)19-9-11-27(12-10-19)14-17-3-8-21(29-23(25)26)22(13-17)28-15-16-1-2-16/h3-8,13,16,19,23H,1-2,9-12,14-15H2. The average molecular weight is 405 g/mol. The molecule has 0 radical (unpaired) electrons. The second-order valence-corrected chi connectivity index (χ2v) is 8.02. The maximum Gasteiger partial charge on any atom is 0.387 e. The van der Waals surface area contributed by atoms with Gasteiger partial charge in [0, 0.05) is 6.54 Å². The minimum Gasteiger partial charge on any atom is -0.489 e. The van der Waals surface area contributed by atoms with Crippen LogP contribution in [-0.4, -0.2) is 31.2 Å². The molecule has 0 N–H and O–H groups in total. The van der Waals surface area contributed by atoms with Gasteiger partial charge < -0.3 is 9.47 Å². The summed E-state index contributed by atoms with van der Waals surface area (Å²) in [5.41, 5.74) is 2.22. The van der Waals surface area contributed by atoms with Gasteiger partial charge in [0.05, 0.1) is 6.61 Å². The van der Waals surface area contributed by atoms with E-state index in [9.17, 15) is 13.2 Å². The molecule has 29 heavy (non-hydrogen) atoms. The van der Waals surface area contributed by atoms with Crippen LogP contribution in [0.1, 0.15) is 42.7 Å². The molecule has 1 saturated carbocycles. The Bertz CT molecular complexity index is 800. The highest BCUT2D eigenvalue weighted by molar-refractivity contribution is 5.43. The Balaban J connectivity index is 1.36. The molecule has 156 valence electrons. The van der Waals surface area contributed by atoms with Crippen molar-refractivity contribution in [2.75, 3.05) is 19.7 Å². The lowest BCUT2D eigenvalue weighted by Crippen LogP contribution is -2.32. The van der Waals surface area contributed by atoms with E-state index in [2.05, 4.69) is 9.64 Å². The number of benzene rings is 2. The first-order valence-corrected chi connectivity index (χ1v) is 10.2. The normalized spacial score (nSPS) is 18.2. The topological polar surface area (TPSA) is 21.7 Å². The molecule has 0 aromatic heterocycles. The number of likely N-dealkylation sites (tertiary alicyclic amines) is 1. The molecule has 2 aromatic rings. The summed E-state index contributed by atoms with van der Waals surface area (Å²) in [6.45, 7) is 0.303. The molecule has 0 bridgehead atoms. The monoisotopic (exact) mass is 405 g/mol. The van der Waals surface area contributed by atoms with Crippen LogP contribution < -0.4 is 9.47 Å². The first-order chi connectivity index (χ1) is 14.1. The van der Waals surface area contributed by atoms with Gasteiger partial charge in [0.25, 0.3) is 0 Å². The third-order valence-electron chi connectivity index (χ3n) is 5.73. The zero-order chi connectivity index (χ0) is 20.2. The molecule has 2 aromatic carbocycles. The van der Waals surface area contributed by atoms with Crippen LogP contribution in [0.2, 0.25) is 0 Å². The van der Waals surface area contributed by atoms with Crippen LogP contribution >= 0.6 is 0 Å². The highest BCUT2D eigenvalue weighted by atomic mass is 19.3. The molecule has 2 fully saturated rings. The predicted molar refractivity (Wildman–Crippen MR) is 105 cm³/mol. The van der Waals surface area contributed by atoms with Gasteiger partial charge in [-0.1, -0.05) is 18.2 Å². The minimum absolute atomic E-state index is 0.0967. The molecule has 0 atom stereocenters. The van der Waals surface area contributed by atoms with Gasteiger partial charge >= 0.3 is 6.61 Å². The van der Waals surface area contributed by atoms with E-state index < -0.39 is 6.61 Å². The van der Waals surface area contributed by atoms with Crippen LogP contribution in [0.3, 0.4) is 0 Å². The zero-order valence-corrected chi connectivity index (χ0v) is 16.3. The maximum atomic E-state index is 13.1. The first-order valence-electron chi connectivity index (χ1n) is 10.2. The van der Waals surface area contributed by atoms with Crippen molar-refractivity contribution in [3.05, 3.63) is 59.4 Å². The van der Waals surface area contributed by atoms with E-state index in [0.717, 1.165) is 50.9 Å². The molecule has 3 nitrogen and oxygen atoms in total. The third kappa shape index (κ3) is 5.66. The van der Waals surface area contributed by atoms with Gasteiger partial charge in [-0.3, -0.25) is 4.90 Å². The first kappa shape index (κ1) is 20.1. The summed E-state index contributed by atoms with van der Waals surface area (Å²) in [6.07, 6.45) is 4.30. The Hall–Kier alpha value is -2.21. The number of rotatable bonds is 8. The number of hydrogen-bond donors (Lipinski definition) is 0. The fraction of sp³-hybridized carbons (Fsp3) is 0.478. The number of ether oxygens (including phenoxy) is 2. The molecule has 1 aliphatic heterocycles. The summed E-state index contributed by atoms with van der Waals surface area (Å²) in [4.78, 5) is 2.35. The molecule has 0 unspecified atom stereocenters. The van der Waals surface area contributed by atoms with Gasteiger partial charge in [-0.15, -0.1) is 0 Å². The third-order valence-corrected chi connectivity index (χ3v) is 5.73. The molecular formula is C23H26F3NO2. The SMILES string of the molecule is Fc1ccc(C2CCN(Cc3ccc(OC(F)F)c(OCC4CC4)c3)CC2)cc1. The lowest BCUT2D eigenvalue weighted by molar-refractivity contribution is -0.0515. The number of nitrogens with zero attached hydrogens (tertiary/aromatic N) is 1. The van der Waals surface area contributed by atoms with E-state index in [0.29, 0.717) is 24.2 Å². The van der Waals surface area contributed by atoms with Crippen molar-refractivity contribution >= 4 is 0 Å². The van der Waals surface area contributed by atoms with Crippen molar-refractivity contribution in [3.8, 4) is 11.5 Å². The Morgan fingerprint density at radius 2 is 1.66 bits per heavy atom. The van der Waals surface area contributed by atoms with Gasteiger partial charge in [0.2, 0.25) is 0 Å². The van der Waals surface area contributed by atoms with E-state index in [1.165, 1.54) is 17.7 Å². The molecule has 6 heteroatoms. The highest BCUT2D eigenvalue weighted by Gasteiger charge is 2.24. The van der Waals surface area contributed by atoms with Gasteiger partial charge in [-0.05, 0) is 86.0 Å². The lowest BCUT2D eigenvalue weighted by atomic mass is 9.89. The largest absolute Gasteiger partial charge is 0.489 e. The minimum atomic E-state index is -2.87. The van der Waals surface area contributed by atoms with Crippen LogP contribution in [0.15, 0.2) is 42.5 Å². The highest BCUT2D eigenvalue weighted by Crippen LogP contribution is 2.35. The van der Waals surface area contributed by atoms with E-state index in [1.807, 2.05) is 24.3 Å². The molecule has 1 aliphatic carbocycles. The summed E-state index contributed by atoms with van der Waals surface area (Å²) in [7, 11) is 0. The van der Waals surface area contributed by atoms with E-state index in [-0.39, 0.29) is 11.6 Å². The van der Waals surface area contributed by atoms with Crippen LogP contribution in [0, 0.1) is 11.7 Å². The van der Waals surface area contributed by atoms with Crippen LogP contribution in [0.5, 0.6) is 11.5 Å². The summed E-state index contributed by atoms with van der Waals surface area (Å²) in [5, 5.41) is 0. The Morgan fingerprint density at radius 1 is 0.931 bits per heavy atom. The van der Waals surface area contributed by atoms with Crippen molar-refractivity contribution in [2.45, 2.75) is 44.8 Å². The van der Waals surface area contributed by atoms with Gasteiger partial charge in [-0.25, -0.2) is 4.39 Å². The van der Waals surface area contributed by atoms with Crippen molar-refractivity contribution in [2.24, 2.45) is 5.92 Å². The molecule has 1 saturated heterocycles. The van der Waals surface area contributed by atoms with Gasteiger partial charge in [-0.2, -0.15) is 8.78 Å². The Labute approximate surface area is 169 Å². The number of piperidine rings is 1. The smallest absolute Gasteiger partial charge is 0.387 e. The van der Waals surface area contributed by atoms with Gasteiger partial charge in [0.1, 0.15) is 5.82 Å². The van der Waals surface area contributed by atoms with Crippen LogP contribution in [0.25, 0.3) is 0 Å². The number of alkyl halides is 2. The van der Waals surface area contributed by atoms with E-state index in [4.69, 9.17) is 4.74 Å². The summed E-state index contributed by atoms with van der Waals surface area (Å²) in [5.74, 6) is 1.27. The molecule has 0 spiro atoms.